The Morgan fingerprint density at radius 2 is 2.03 bits per heavy atom. The van der Waals surface area contributed by atoms with Crippen LogP contribution < -0.4 is 10.6 Å². The van der Waals surface area contributed by atoms with Crippen LogP contribution in [0.4, 0.5) is 17.6 Å². The molecule has 2 aliphatic heterocycles. The summed E-state index contributed by atoms with van der Waals surface area (Å²) in [6, 6.07) is 11.7. The molecule has 0 radical (unpaired) electrons. The summed E-state index contributed by atoms with van der Waals surface area (Å²) >= 11 is 3.55. The number of aromatic amines is 1. The fourth-order valence-electron chi connectivity index (χ4n) is 4.98. The number of benzene rings is 1. The number of halogens is 1. The predicted octanol–water partition coefficient (Wildman–Crippen LogP) is 4.49. The zero-order chi connectivity index (χ0) is 21.4. The first-order chi connectivity index (χ1) is 15.1. The molecule has 9 heteroatoms. The molecule has 1 aromatic carbocycles. The number of hydrogen-bond acceptors (Lipinski definition) is 7. The standard InChI is InChI=1S/C22H25BrN8/c1-13-9-20(30-29-13)27-21-18-6-3-14(23)10-19(18)26-22(28-21)25-15-11-16-4-5-17(12-15)31(16)8-2-7-24/h3,6,9-10,15-17H,2,4-5,8,11-12H2,1H3,(H3,25,26,27,28,29,30)/t16-,17-/m1/s1. The molecular formula is C22H25BrN8. The topological polar surface area (TPSA) is 106 Å². The summed E-state index contributed by atoms with van der Waals surface area (Å²) in [4.78, 5) is 12.1. The maximum absolute atomic E-state index is 8.95. The van der Waals surface area contributed by atoms with Crippen molar-refractivity contribution in [1.82, 2.24) is 25.1 Å². The molecule has 4 heterocycles. The van der Waals surface area contributed by atoms with E-state index in [9.17, 15) is 0 Å². The van der Waals surface area contributed by atoms with Gasteiger partial charge in [0.1, 0.15) is 5.82 Å². The second kappa shape index (κ2) is 8.44. The van der Waals surface area contributed by atoms with Crippen molar-refractivity contribution in [3.05, 3.63) is 34.4 Å². The average molecular weight is 481 g/mol. The molecule has 31 heavy (non-hydrogen) atoms. The van der Waals surface area contributed by atoms with Crippen molar-refractivity contribution in [2.75, 3.05) is 17.2 Å². The molecule has 0 saturated carbocycles. The van der Waals surface area contributed by atoms with Crippen LogP contribution in [0.5, 0.6) is 0 Å². The molecule has 3 N–H and O–H groups in total. The quantitative estimate of drug-likeness (QED) is 0.477. The molecular weight excluding hydrogens is 456 g/mol. The number of hydrogen-bond donors (Lipinski definition) is 3. The van der Waals surface area contributed by atoms with Crippen LogP contribution in [0, 0.1) is 18.3 Å². The highest BCUT2D eigenvalue weighted by Gasteiger charge is 2.40. The normalized spacial score (nSPS) is 23.1. The Balaban J connectivity index is 1.39. The molecule has 0 amide bonds. The van der Waals surface area contributed by atoms with Crippen molar-refractivity contribution >= 4 is 44.4 Å². The van der Waals surface area contributed by atoms with E-state index >= 15 is 0 Å². The monoisotopic (exact) mass is 480 g/mol. The van der Waals surface area contributed by atoms with E-state index in [0.29, 0.717) is 30.5 Å². The first-order valence-corrected chi connectivity index (χ1v) is 11.5. The van der Waals surface area contributed by atoms with Crippen molar-refractivity contribution in [3.8, 4) is 6.07 Å². The van der Waals surface area contributed by atoms with Gasteiger partial charge in [0.05, 0.1) is 11.6 Å². The third-order valence-electron chi connectivity index (χ3n) is 6.31. The Kier molecular flexibility index (Phi) is 5.50. The number of nitrogens with zero attached hydrogens (tertiary/aromatic N) is 5. The van der Waals surface area contributed by atoms with Crippen LogP contribution in [-0.2, 0) is 0 Å². The molecule has 5 rings (SSSR count). The minimum absolute atomic E-state index is 0.334. The summed E-state index contributed by atoms with van der Waals surface area (Å²) < 4.78 is 0.982. The highest BCUT2D eigenvalue weighted by atomic mass is 79.9. The van der Waals surface area contributed by atoms with E-state index in [1.165, 1.54) is 12.8 Å². The number of aromatic nitrogens is 4. The van der Waals surface area contributed by atoms with Gasteiger partial charge in [0.2, 0.25) is 5.95 Å². The number of H-pyrrole nitrogens is 1. The molecule has 2 aromatic heterocycles. The number of anilines is 3. The molecule has 160 valence electrons. The molecule has 2 bridgehead atoms. The number of rotatable bonds is 6. The lowest BCUT2D eigenvalue weighted by molar-refractivity contribution is 0.135. The van der Waals surface area contributed by atoms with Crippen LogP contribution in [-0.4, -0.2) is 49.7 Å². The number of fused-ring (bicyclic) bond motifs is 3. The van der Waals surface area contributed by atoms with Gasteiger partial charge < -0.3 is 10.6 Å². The minimum atomic E-state index is 0.334. The third-order valence-corrected chi connectivity index (χ3v) is 6.80. The Morgan fingerprint density at radius 3 is 2.74 bits per heavy atom. The summed E-state index contributed by atoms with van der Waals surface area (Å²) in [7, 11) is 0. The first-order valence-electron chi connectivity index (χ1n) is 10.7. The zero-order valence-electron chi connectivity index (χ0n) is 17.4. The number of piperidine rings is 1. The fourth-order valence-corrected chi connectivity index (χ4v) is 5.33. The smallest absolute Gasteiger partial charge is 0.225 e. The molecule has 0 spiro atoms. The van der Waals surface area contributed by atoms with E-state index in [-0.39, 0.29) is 0 Å². The maximum Gasteiger partial charge on any atom is 0.225 e. The fraction of sp³-hybridized carbons (Fsp3) is 0.455. The average Bonchev–Trinajstić information content (AvgIpc) is 3.25. The Bertz CT molecular complexity index is 1120. The lowest BCUT2D eigenvalue weighted by Gasteiger charge is -2.38. The molecule has 8 nitrogen and oxygen atoms in total. The van der Waals surface area contributed by atoms with E-state index in [4.69, 9.17) is 15.2 Å². The minimum Gasteiger partial charge on any atom is -0.351 e. The summed E-state index contributed by atoms with van der Waals surface area (Å²) in [5, 5.41) is 24.1. The number of aryl methyl sites for hydroxylation is 1. The van der Waals surface area contributed by atoms with E-state index in [2.05, 4.69) is 47.7 Å². The van der Waals surface area contributed by atoms with Crippen LogP contribution in [0.2, 0.25) is 0 Å². The Labute approximate surface area is 189 Å². The van der Waals surface area contributed by atoms with E-state index in [1.54, 1.807) is 0 Å². The Morgan fingerprint density at radius 1 is 1.23 bits per heavy atom. The maximum atomic E-state index is 8.95. The lowest BCUT2D eigenvalue weighted by Crippen LogP contribution is -2.47. The summed E-state index contributed by atoms with van der Waals surface area (Å²) in [6.07, 6.45) is 5.15. The van der Waals surface area contributed by atoms with Gasteiger partial charge in [-0.2, -0.15) is 15.3 Å². The lowest BCUT2D eigenvalue weighted by atomic mass is 9.97. The van der Waals surface area contributed by atoms with E-state index in [1.807, 2.05) is 31.2 Å². The summed E-state index contributed by atoms with van der Waals surface area (Å²) in [5.74, 6) is 2.10. The van der Waals surface area contributed by atoms with Gasteiger partial charge in [0.25, 0.3) is 0 Å². The number of nitrogens with one attached hydrogen (secondary N) is 3. The van der Waals surface area contributed by atoms with Crippen LogP contribution >= 0.6 is 15.9 Å². The molecule has 0 unspecified atom stereocenters. The molecule has 3 aromatic rings. The zero-order valence-corrected chi connectivity index (χ0v) is 19.0. The summed E-state index contributed by atoms with van der Waals surface area (Å²) in [6.45, 7) is 2.86. The summed E-state index contributed by atoms with van der Waals surface area (Å²) in [5.41, 5.74) is 1.86. The molecule has 2 atom stereocenters. The Hall–Kier alpha value is -2.70. The highest BCUT2D eigenvalue weighted by molar-refractivity contribution is 9.10. The predicted molar refractivity (Wildman–Crippen MR) is 124 cm³/mol. The van der Waals surface area contributed by atoms with Crippen LogP contribution in [0.1, 0.15) is 37.8 Å². The van der Waals surface area contributed by atoms with Crippen LogP contribution in [0.15, 0.2) is 28.7 Å². The van der Waals surface area contributed by atoms with Crippen molar-refractivity contribution in [2.45, 2.75) is 57.2 Å². The van der Waals surface area contributed by atoms with Gasteiger partial charge >= 0.3 is 0 Å². The van der Waals surface area contributed by atoms with Gasteiger partial charge in [-0.3, -0.25) is 10.00 Å². The van der Waals surface area contributed by atoms with Gasteiger partial charge in [-0.15, -0.1) is 0 Å². The van der Waals surface area contributed by atoms with Crippen molar-refractivity contribution < 1.29 is 0 Å². The van der Waals surface area contributed by atoms with Gasteiger partial charge in [-0.1, -0.05) is 15.9 Å². The molecule has 0 aliphatic carbocycles. The van der Waals surface area contributed by atoms with Gasteiger partial charge in [0.15, 0.2) is 5.82 Å². The van der Waals surface area contributed by atoms with E-state index < -0.39 is 0 Å². The second-order valence-corrected chi connectivity index (χ2v) is 9.38. The highest BCUT2D eigenvalue weighted by Crippen LogP contribution is 2.37. The largest absolute Gasteiger partial charge is 0.351 e. The molecule has 2 fully saturated rings. The molecule has 2 saturated heterocycles. The first kappa shape index (κ1) is 20.2. The third kappa shape index (κ3) is 4.23. The van der Waals surface area contributed by atoms with E-state index in [0.717, 1.165) is 52.1 Å². The SMILES string of the molecule is Cc1cc(Nc2nc(NC3C[C@H]4CC[C@H](C3)N4CCC#N)nc3cc(Br)ccc23)n[nH]1. The van der Waals surface area contributed by atoms with Crippen molar-refractivity contribution in [1.29, 1.82) is 5.26 Å². The van der Waals surface area contributed by atoms with Crippen molar-refractivity contribution in [3.63, 3.8) is 0 Å². The van der Waals surface area contributed by atoms with Gasteiger partial charge in [0, 0.05) is 52.7 Å². The van der Waals surface area contributed by atoms with Gasteiger partial charge in [-0.05, 0) is 50.8 Å². The number of nitriles is 1. The second-order valence-electron chi connectivity index (χ2n) is 8.46. The van der Waals surface area contributed by atoms with Crippen LogP contribution in [0.25, 0.3) is 10.9 Å². The molecule has 2 aliphatic rings. The van der Waals surface area contributed by atoms with Gasteiger partial charge in [-0.25, -0.2) is 4.98 Å². The van der Waals surface area contributed by atoms with Crippen LogP contribution in [0.3, 0.4) is 0 Å². The van der Waals surface area contributed by atoms with Crippen molar-refractivity contribution in [2.24, 2.45) is 0 Å².